The van der Waals surface area contributed by atoms with E-state index >= 15 is 0 Å². The highest BCUT2D eigenvalue weighted by Gasteiger charge is 2.47. The van der Waals surface area contributed by atoms with E-state index in [9.17, 15) is 15.0 Å². The molecule has 0 aliphatic carbocycles. The van der Waals surface area contributed by atoms with Crippen molar-refractivity contribution >= 4 is 17.1 Å². The van der Waals surface area contributed by atoms with Gasteiger partial charge in [-0.2, -0.15) is 4.98 Å². The molecule has 2 aromatic rings. The maximum atomic E-state index is 11.9. The van der Waals surface area contributed by atoms with Crippen LogP contribution in [-0.2, 0) is 11.5 Å². The lowest BCUT2D eigenvalue weighted by Crippen LogP contribution is -2.23. The van der Waals surface area contributed by atoms with Crippen LogP contribution in [0.25, 0.3) is 11.2 Å². The van der Waals surface area contributed by atoms with Crippen molar-refractivity contribution in [1.29, 1.82) is 0 Å². The molecule has 5 N–H and O–H groups in total. The zero-order valence-corrected chi connectivity index (χ0v) is 11.3. The van der Waals surface area contributed by atoms with Crippen LogP contribution in [0.4, 0.5) is 5.95 Å². The molecule has 2 aromatic heterocycles. The molecule has 3 heterocycles. The van der Waals surface area contributed by atoms with Gasteiger partial charge in [0.25, 0.3) is 5.56 Å². The molecule has 0 aromatic carbocycles. The quantitative estimate of drug-likeness (QED) is 0.348. The van der Waals surface area contributed by atoms with Crippen LogP contribution in [0, 0.1) is 0 Å². The van der Waals surface area contributed by atoms with Gasteiger partial charge in [0, 0.05) is 0 Å². The highest BCUT2D eigenvalue weighted by Crippen LogP contribution is 2.28. The van der Waals surface area contributed by atoms with Gasteiger partial charge in [0.05, 0.1) is 19.5 Å². The molecule has 0 bridgehead atoms. The summed E-state index contributed by atoms with van der Waals surface area (Å²) < 4.78 is 6.66. The van der Waals surface area contributed by atoms with Gasteiger partial charge in [-0.25, -0.2) is 4.98 Å². The number of ether oxygens (including phenoxy) is 1. The largest absolute Gasteiger partial charge is 0.394 e. The number of anilines is 1. The first-order valence-electron chi connectivity index (χ1n) is 6.49. The van der Waals surface area contributed by atoms with E-state index in [-0.39, 0.29) is 37.1 Å². The lowest BCUT2D eigenvalue weighted by molar-refractivity contribution is -0.0488. The number of nitrogens with one attached hydrogen (secondary N) is 1. The van der Waals surface area contributed by atoms with E-state index in [0.717, 1.165) is 4.90 Å². The van der Waals surface area contributed by atoms with Gasteiger partial charge >= 0.3 is 0 Å². The molecule has 2 atom stereocenters. The van der Waals surface area contributed by atoms with Crippen molar-refractivity contribution < 1.29 is 25.2 Å². The van der Waals surface area contributed by atoms with Gasteiger partial charge in [-0.15, -0.1) is 0 Å². The maximum Gasteiger partial charge on any atom is 0.280 e. The molecule has 2 unspecified atom stereocenters. The molecule has 1 aliphatic rings. The van der Waals surface area contributed by atoms with Crippen molar-refractivity contribution in [2.24, 2.45) is 0 Å². The van der Waals surface area contributed by atoms with Gasteiger partial charge in [-0.1, -0.05) is 0 Å². The number of aromatic amines is 1. The van der Waals surface area contributed by atoms with Crippen LogP contribution < -0.4 is 10.5 Å². The van der Waals surface area contributed by atoms with Gasteiger partial charge in [-0.3, -0.25) is 19.2 Å². The van der Waals surface area contributed by atoms with Gasteiger partial charge in [-0.05, 0) is 0 Å². The summed E-state index contributed by atoms with van der Waals surface area (Å²) in [4.78, 5) is 23.5. The van der Waals surface area contributed by atoms with Gasteiger partial charge in [0.15, 0.2) is 23.6 Å². The maximum absolute atomic E-state index is 11.9. The molecule has 11 nitrogen and oxygen atoms in total. The zero-order valence-electron chi connectivity index (χ0n) is 11.3. The molecule has 22 heavy (non-hydrogen) atoms. The molecular weight excluding hydrogens is 298 g/mol. The van der Waals surface area contributed by atoms with Crippen LogP contribution in [0.3, 0.4) is 0 Å². The van der Waals surface area contributed by atoms with Crippen LogP contribution in [0.2, 0.25) is 0 Å². The standard InChI is InChI=1S/C11H15N5O6/c17-1-5(2-18)22-4-15-3-12-6-7(15)13-11(14-8(6)19)16-9(20)10(16)21/h3,5,9-10,17-18,20-21H,1-2,4H2,(H,13,14,19). The molecule has 3 rings (SSSR count). The minimum absolute atomic E-state index is 0.0140. The van der Waals surface area contributed by atoms with E-state index in [1.807, 2.05) is 0 Å². The number of rotatable bonds is 6. The van der Waals surface area contributed by atoms with Gasteiger partial charge in [0.1, 0.15) is 12.8 Å². The SMILES string of the molecule is O=c1[nH]c(N2C(O)C2O)nc2c1ncn2COC(CO)CO. The Morgan fingerprint density at radius 3 is 2.59 bits per heavy atom. The molecule has 0 spiro atoms. The second-order valence-corrected chi connectivity index (χ2v) is 4.79. The second-order valence-electron chi connectivity index (χ2n) is 4.79. The average Bonchev–Trinajstić information content (AvgIpc) is 2.93. The summed E-state index contributed by atoms with van der Waals surface area (Å²) in [6, 6.07) is 0. The Morgan fingerprint density at radius 2 is 2.00 bits per heavy atom. The minimum atomic E-state index is -1.11. The molecule has 1 fully saturated rings. The molecule has 0 saturated carbocycles. The molecular formula is C11H15N5O6. The Morgan fingerprint density at radius 1 is 1.32 bits per heavy atom. The second kappa shape index (κ2) is 5.62. The first-order valence-corrected chi connectivity index (χ1v) is 6.49. The summed E-state index contributed by atoms with van der Waals surface area (Å²) in [5.41, 5.74) is -0.256. The fourth-order valence-corrected chi connectivity index (χ4v) is 1.97. The van der Waals surface area contributed by atoms with Crippen LogP contribution >= 0.6 is 0 Å². The molecule has 0 radical (unpaired) electrons. The third-order valence-electron chi connectivity index (χ3n) is 3.31. The lowest BCUT2D eigenvalue weighted by Gasteiger charge is -2.13. The third-order valence-corrected chi connectivity index (χ3v) is 3.31. The molecule has 0 amide bonds. The minimum Gasteiger partial charge on any atom is -0.394 e. The Kier molecular flexibility index (Phi) is 3.80. The molecule has 1 saturated heterocycles. The topological polar surface area (TPSA) is 157 Å². The van der Waals surface area contributed by atoms with E-state index in [1.165, 1.54) is 10.9 Å². The number of fused-ring (bicyclic) bond motifs is 1. The highest BCUT2D eigenvalue weighted by molar-refractivity contribution is 5.71. The number of aromatic nitrogens is 4. The number of nitrogens with zero attached hydrogens (tertiary/aromatic N) is 4. The van der Waals surface area contributed by atoms with Crippen molar-refractivity contribution in [3.8, 4) is 0 Å². The van der Waals surface area contributed by atoms with Crippen LogP contribution in [0.15, 0.2) is 11.1 Å². The van der Waals surface area contributed by atoms with Crippen LogP contribution in [0.1, 0.15) is 0 Å². The van der Waals surface area contributed by atoms with E-state index < -0.39 is 24.1 Å². The van der Waals surface area contributed by atoms with E-state index in [2.05, 4.69) is 15.0 Å². The predicted octanol–water partition coefficient (Wildman–Crippen LogP) is -3.10. The number of aliphatic hydroxyl groups excluding tert-OH is 4. The van der Waals surface area contributed by atoms with Crippen LogP contribution in [0.5, 0.6) is 0 Å². The number of aliphatic hydroxyl groups is 4. The highest BCUT2D eigenvalue weighted by atomic mass is 16.5. The molecule has 11 heteroatoms. The van der Waals surface area contributed by atoms with E-state index in [4.69, 9.17) is 14.9 Å². The smallest absolute Gasteiger partial charge is 0.280 e. The summed E-state index contributed by atoms with van der Waals surface area (Å²) in [6.07, 6.45) is -1.64. The normalized spacial score (nSPS) is 21.0. The third kappa shape index (κ3) is 2.44. The lowest BCUT2D eigenvalue weighted by atomic mass is 10.4. The fraction of sp³-hybridized carbons (Fsp3) is 0.545. The van der Waals surface area contributed by atoms with Crippen molar-refractivity contribution in [2.75, 3.05) is 18.1 Å². The monoisotopic (exact) mass is 313 g/mol. The molecule has 1 aliphatic heterocycles. The summed E-state index contributed by atoms with van der Waals surface area (Å²) in [5.74, 6) is 0.0140. The first-order chi connectivity index (χ1) is 10.6. The Hall–Kier alpha value is -2.05. The van der Waals surface area contributed by atoms with E-state index in [0.29, 0.717) is 0 Å². The van der Waals surface area contributed by atoms with Crippen molar-refractivity contribution in [3.63, 3.8) is 0 Å². The van der Waals surface area contributed by atoms with E-state index in [1.54, 1.807) is 0 Å². The summed E-state index contributed by atoms with van der Waals surface area (Å²) >= 11 is 0. The van der Waals surface area contributed by atoms with Crippen molar-refractivity contribution in [2.45, 2.75) is 25.3 Å². The Balaban J connectivity index is 1.90. The van der Waals surface area contributed by atoms with Crippen molar-refractivity contribution in [3.05, 3.63) is 16.7 Å². The summed E-state index contributed by atoms with van der Waals surface area (Å²) in [5, 5.41) is 36.7. The number of hydrogen-bond acceptors (Lipinski definition) is 9. The number of H-pyrrole nitrogens is 1. The fourth-order valence-electron chi connectivity index (χ4n) is 1.97. The predicted molar refractivity (Wildman–Crippen MR) is 71.7 cm³/mol. The molecule has 120 valence electrons. The average molecular weight is 313 g/mol. The van der Waals surface area contributed by atoms with Gasteiger partial charge in [0.2, 0.25) is 5.95 Å². The van der Waals surface area contributed by atoms with Gasteiger partial charge < -0.3 is 25.2 Å². The number of hydrogen-bond donors (Lipinski definition) is 5. The Labute approximate surface area is 123 Å². The summed E-state index contributed by atoms with van der Waals surface area (Å²) in [7, 11) is 0. The summed E-state index contributed by atoms with van der Waals surface area (Å²) in [6.45, 7) is -0.785. The van der Waals surface area contributed by atoms with Crippen LogP contribution in [-0.4, -0.2) is 71.7 Å². The first kappa shape index (κ1) is 14.9. The zero-order chi connectivity index (χ0) is 15.9. The number of imidazole rings is 1. The van der Waals surface area contributed by atoms with Crippen molar-refractivity contribution in [1.82, 2.24) is 19.5 Å². The Bertz CT molecular complexity index is 717.